The number of hydrogen-bond acceptors (Lipinski definition) is 1. The van der Waals surface area contributed by atoms with Crippen molar-refractivity contribution in [3.05, 3.63) is 71.3 Å². The minimum absolute atomic E-state index is 0.315. The number of aliphatic carboxylic acids is 1. The third-order valence-electron chi connectivity index (χ3n) is 3.00. The summed E-state index contributed by atoms with van der Waals surface area (Å²) in [6, 6.07) is 15.9. The third kappa shape index (κ3) is 3.38. The van der Waals surface area contributed by atoms with Gasteiger partial charge in [0, 0.05) is 0 Å². The molecule has 2 rings (SSSR count). The van der Waals surface area contributed by atoms with E-state index < -0.39 is 5.97 Å². The summed E-state index contributed by atoms with van der Waals surface area (Å²) in [7, 11) is 0. The van der Waals surface area contributed by atoms with Crippen molar-refractivity contribution in [2.45, 2.75) is 12.7 Å². The van der Waals surface area contributed by atoms with Crippen LogP contribution in [0.3, 0.4) is 0 Å². The molecule has 0 amide bonds. The number of carbonyl (C=O) groups is 1. The van der Waals surface area contributed by atoms with Gasteiger partial charge in [0.15, 0.2) is 0 Å². The van der Waals surface area contributed by atoms with Gasteiger partial charge >= 0.3 is 125 Å². The summed E-state index contributed by atoms with van der Waals surface area (Å²) in [5.41, 5.74) is 3.88. The normalized spacial score (nSPS) is 11.4. The summed E-state index contributed by atoms with van der Waals surface area (Å²) in [6.45, 7) is 2.03. The predicted molar refractivity (Wildman–Crippen MR) is 83.6 cm³/mol. The van der Waals surface area contributed by atoms with Crippen molar-refractivity contribution in [1.82, 2.24) is 0 Å². The molecule has 20 heavy (non-hydrogen) atoms. The second-order valence-corrected chi connectivity index (χ2v) is 6.25. The second-order valence-electron chi connectivity index (χ2n) is 4.47. The Hall–Kier alpha value is -1.83. The second kappa shape index (κ2) is 6.55. The van der Waals surface area contributed by atoms with Crippen LogP contribution in [0.15, 0.2) is 54.6 Å². The van der Waals surface area contributed by atoms with Crippen molar-refractivity contribution in [3.63, 3.8) is 0 Å². The first-order chi connectivity index (χ1) is 9.61. The summed E-state index contributed by atoms with van der Waals surface area (Å²) in [5, 5.41) is 9.17. The van der Waals surface area contributed by atoms with Crippen LogP contribution >= 0.6 is 0 Å². The Balaban J connectivity index is 2.65. The van der Waals surface area contributed by atoms with E-state index in [1.807, 2.05) is 37.3 Å². The zero-order valence-corrected chi connectivity index (χ0v) is 13.2. The minimum atomic E-state index is -0.917. The molecule has 2 nitrogen and oxygen atoms in total. The van der Waals surface area contributed by atoms with E-state index >= 15 is 0 Å². The van der Waals surface area contributed by atoms with Gasteiger partial charge in [-0.1, -0.05) is 0 Å². The van der Waals surface area contributed by atoms with Gasteiger partial charge in [-0.3, -0.25) is 0 Å². The summed E-state index contributed by atoms with van der Waals surface area (Å²) >= 11 is 0.315. The average Bonchev–Trinajstić information content (AvgIpc) is 2.45. The van der Waals surface area contributed by atoms with E-state index in [1.165, 1.54) is 10.5 Å². The maximum atomic E-state index is 11.2. The van der Waals surface area contributed by atoms with Crippen molar-refractivity contribution >= 4 is 31.0 Å². The Bertz CT molecular complexity index is 645. The van der Waals surface area contributed by atoms with E-state index in [0.717, 1.165) is 22.3 Å². The summed E-state index contributed by atoms with van der Waals surface area (Å²) in [4.78, 5) is 11.2. The first kappa shape index (κ1) is 14.6. The number of aryl methyl sites for hydroxylation is 1. The molecule has 0 unspecified atom stereocenters. The van der Waals surface area contributed by atoms with Gasteiger partial charge < -0.3 is 0 Å². The van der Waals surface area contributed by atoms with Gasteiger partial charge in [-0.15, -0.1) is 0 Å². The van der Waals surface area contributed by atoms with Gasteiger partial charge in [-0.25, -0.2) is 0 Å². The fourth-order valence-corrected chi connectivity index (χ4v) is 3.33. The van der Waals surface area contributed by atoms with Crippen LogP contribution in [0, 0.1) is 6.92 Å². The molecule has 0 aliphatic heterocycles. The average molecular weight is 331 g/mol. The van der Waals surface area contributed by atoms with Crippen LogP contribution in [-0.2, 0) is 4.79 Å². The maximum absolute atomic E-state index is 11.2. The fourth-order valence-electron chi connectivity index (χ4n) is 2.09. The van der Waals surface area contributed by atoms with Crippen molar-refractivity contribution < 1.29 is 9.90 Å². The number of carboxylic acids is 1. The number of rotatable bonds is 4. The molecule has 0 heterocycles. The zero-order chi connectivity index (χ0) is 14.5. The van der Waals surface area contributed by atoms with Gasteiger partial charge in [0.1, 0.15) is 0 Å². The van der Waals surface area contributed by atoms with Crippen LogP contribution in [0.2, 0.25) is 5.82 Å². The fraction of sp³-hybridized carbons (Fsp3) is 0.118. The first-order valence-electron chi connectivity index (χ1n) is 6.27. The molecule has 0 aliphatic rings. The summed E-state index contributed by atoms with van der Waals surface area (Å²) in [5.74, 6) is 1.23. The van der Waals surface area contributed by atoms with E-state index in [0.29, 0.717) is 15.0 Å². The zero-order valence-electron chi connectivity index (χ0n) is 11.5. The Morgan fingerprint density at radius 3 is 2.45 bits per heavy atom. The van der Waals surface area contributed by atoms with Gasteiger partial charge in [0.2, 0.25) is 0 Å². The predicted octanol–water partition coefficient (Wildman–Crippen LogP) is 2.89. The molecule has 0 fully saturated rings. The van der Waals surface area contributed by atoms with Crippen LogP contribution in [0.5, 0.6) is 0 Å². The quantitative estimate of drug-likeness (QED) is 0.691. The van der Waals surface area contributed by atoms with Crippen LogP contribution < -0.4 is 4.46 Å². The van der Waals surface area contributed by atoms with Crippen LogP contribution in [0.1, 0.15) is 16.7 Å². The molecule has 2 aromatic carbocycles. The van der Waals surface area contributed by atoms with E-state index in [-0.39, 0.29) is 0 Å². The Kier molecular flexibility index (Phi) is 4.78. The standard InChI is InChI=1S/C17H16O2Se/c1-12-8-9-16(20-2)15(10-12)14(11-17(18)19)13-6-4-3-5-7-13/h3-11H,1-2H3,(H,18,19)/b14-11+. The third-order valence-corrected chi connectivity index (χ3v) is 4.67. The molecule has 0 saturated heterocycles. The van der Waals surface area contributed by atoms with Crippen LogP contribution in [0.4, 0.5) is 0 Å². The topological polar surface area (TPSA) is 37.3 Å². The molecular weight excluding hydrogens is 315 g/mol. The van der Waals surface area contributed by atoms with Crippen molar-refractivity contribution in [1.29, 1.82) is 0 Å². The van der Waals surface area contributed by atoms with Crippen molar-refractivity contribution in [2.75, 3.05) is 0 Å². The van der Waals surface area contributed by atoms with E-state index in [4.69, 9.17) is 5.11 Å². The van der Waals surface area contributed by atoms with E-state index in [9.17, 15) is 4.79 Å². The Morgan fingerprint density at radius 2 is 1.85 bits per heavy atom. The molecule has 0 radical (unpaired) electrons. The van der Waals surface area contributed by atoms with Crippen LogP contribution in [0.25, 0.3) is 5.57 Å². The molecule has 1 N–H and O–H groups in total. The van der Waals surface area contributed by atoms with E-state index in [1.54, 1.807) is 0 Å². The molecule has 0 atom stereocenters. The molecule has 0 bridgehead atoms. The monoisotopic (exact) mass is 332 g/mol. The number of benzene rings is 2. The summed E-state index contributed by atoms with van der Waals surface area (Å²) in [6.07, 6.45) is 1.30. The molecule has 0 aromatic heterocycles. The molecular formula is C17H16O2Se. The Labute approximate surface area is 125 Å². The number of carboxylic acid groups (broad SMARTS) is 1. The van der Waals surface area contributed by atoms with Crippen molar-refractivity contribution in [3.8, 4) is 0 Å². The van der Waals surface area contributed by atoms with Crippen LogP contribution in [-0.4, -0.2) is 26.0 Å². The number of hydrogen-bond donors (Lipinski definition) is 1. The van der Waals surface area contributed by atoms with Gasteiger partial charge in [-0.2, -0.15) is 0 Å². The SMILES string of the molecule is C[Se]c1ccc(C)cc1/C(=C/C(=O)O)c1ccccc1. The van der Waals surface area contributed by atoms with Gasteiger partial charge in [0.25, 0.3) is 0 Å². The Morgan fingerprint density at radius 1 is 1.15 bits per heavy atom. The summed E-state index contributed by atoms with van der Waals surface area (Å²) < 4.78 is 1.22. The molecule has 2 aromatic rings. The molecule has 0 saturated carbocycles. The molecule has 3 heteroatoms. The molecule has 102 valence electrons. The van der Waals surface area contributed by atoms with E-state index in [2.05, 4.69) is 24.0 Å². The van der Waals surface area contributed by atoms with Crippen molar-refractivity contribution in [2.24, 2.45) is 0 Å². The molecule has 0 aliphatic carbocycles. The van der Waals surface area contributed by atoms with Gasteiger partial charge in [0.05, 0.1) is 0 Å². The first-order valence-corrected chi connectivity index (χ1v) is 8.84. The molecule has 0 spiro atoms. The van der Waals surface area contributed by atoms with Gasteiger partial charge in [-0.05, 0) is 0 Å².